The third-order valence-electron chi connectivity index (χ3n) is 7.85. The van der Waals surface area contributed by atoms with Gasteiger partial charge >= 0.3 is 6.09 Å². The summed E-state index contributed by atoms with van der Waals surface area (Å²) in [4.78, 5) is 53.9. The van der Waals surface area contributed by atoms with Crippen molar-refractivity contribution in [2.45, 2.75) is 44.8 Å². The number of hydrogen-bond acceptors (Lipinski definition) is 7. The fourth-order valence-corrected chi connectivity index (χ4v) is 5.59. The van der Waals surface area contributed by atoms with Crippen molar-refractivity contribution >= 4 is 29.5 Å². The van der Waals surface area contributed by atoms with E-state index in [1.54, 1.807) is 11.8 Å². The molecule has 3 N–H and O–H groups in total. The highest BCUT2D eigenvalue weighted by Crippen LogP contribution is 2.31. The molecule has 2 saturated heterocycles. The molecular weight excluding hydrogens is 514 g/mol. The number of amides is 4. The molecule has 0 saturated carbocycles. The Bertz CT molecular complexity index is 1270. The minimum atomic E-state index is -1.05. The van der Waals surface area contributed by atoms with Gasteiger partial charge in [-0.15, -0.1) is 0 Å². The summed E-state index contributed by atoms with van der Waals surface area (Å²) in [6.45, 7) is 7.35. The number of nitrogens with zero attached hydrogens (tertiary/aromatic N) is 3. The number of nitrogens with one attached hydrogen (secondary N) is 2. The average Bonchev–Trinajstić information content (AvgIpc) is 3.26. The van der Waals surface area contributed by atoms with Crippen LogP contribution >= 0.6 is 0 Å². The number of anilines is 1. The molecule has 2 fully saturated rings. The summed E-state index contributed by atoms with van der Waals surface area (Å²) in [6, 6.07) is 12.5. The average molecular weight is 550 g/mol. The van der Waals surface area contributed by atoms with Crippen LogP contribution in [0.25, 0.3) is 0 Å². The summed E-state index contributed by atoms with van der Waals surface area (Å²) < 4.78 is 5.87. The van der Waals surface area contributed by atoms with Gasteiger partial charge in [0.2, 0.25) is 11.8 Å². The van der Waals surface area contributed by atoms with Crippen molar-refractivity contribution in [1.82, 2.24) is 20.4 Å². The van der Waals surface area contributed by atoms with Crippen molar-refractivity contribution in [3.63, 3.8) is 0 Å². The minimum Gasteiger partial charge on any atom is -0.494 e. The third kappa shape index (κ3) is 6.20. The highest BCUT2D eigenvalue weighted by molar-refractivity contribution is 6.05. The highest BCUT2D eigenvalue weighted by Gasteiger charge is 2.39. The highest BCUT2D eigenvalue weighted by atomic mass is 16.5. The lowest BCUT2D eigenvalue weighted by atomic mass is 10.0. The first-order valence-electron chi connectivity index (χ1n) is 13.8. The SMILES string of the molecule is C[C@@H](NC(=O)O)c1ccc(OCCCN2CCN(c3ccc4c(c3)CN(C3CCC(=O)NC3=O)C4=O)CC2)cc1. The van der Waals surface area contributed by atoms with Gasteiger partial charge in [-0.3, -0.25) is 24.6 Å². The van der Waals surface area contributed by atoms with E-state index in [-0.39, 0.29) is 24.3 Å². The van der Waals surface area contributed by atoms with Gasteiger partial charge in [0, 0.05) is 56.9 Å². The molecule has 4 amide bonds. The summed E-state index contributed by atoms with van der Waals surface area (Å²) in [5.74, 6) is -0.0589. The van der Waals surface area contributed by atoms with Gasteiger partial charge in [0.05, 0.1) is 12.6 Å². The molecule has 3 heterocycles. The van der Waals surface area contributed by atoms with E-state index in [1.165, 1.54) is 0 Å². The van der Waals surface area contributed by atoms with Gasteiger partial charge in [-0.1, -0.05) is 12.1 Å². The topological polar surface area (TPSA) is 132 Å². The molecule has 40 heavy (non-hydrogen) atoms. The second kappa shape index (κ2) is 12.0. The first kappa shape index (κ1) is 27.4. The molecule has 0 aromatic heterocycles. The van der Waals surface area contributed by atoms with Crippen LogP contribution < -0.4 is 20.3 Å². The van der Waals surface area contributed by atoms with Gasteiger partial charge in [0.25, 0.3) is 5.91 Å². The Morgan fingerprint density at radius 3 is 2.55 bits per heavy atom. The number of piperazine rings is 1. The van der Waals surface area contributed by atoms with E-state index in [0.29, 0.717) is 25.1 Å². The first-order chi connectivity index (χ1) is 19.3. The number of carbonyl (C=O) groups is 4. The molecule has 3 aliphatic rings. The smallest absolute Gasteiger partial charge is 0.405 e. The van der Waals surface area contributed by atoms with Crippen LogP contribution in [0.5, 0.6) is 5.75 Å². The second-order valence-electron chi connectivity index (χ2n) is 10.5. The summed E-state index contributed by atoms with van der Waals surface area (Å²) >= 11 is 0. The van der Waals surface area contributed by atoms with Gasteiger partial charge in [-0.25, -0.2) is 4.79 Å². The maximum absolute atomic E-state index is 13.0. The van der Waals surface area contributed by atoms with Crippen LogP contribution in [0.3, 0.4) is 0 Å². The fraction of sp³-hybridized carbons (Fsp3) is 0.448. The second-order valence-corrected chi connectivity index (χ2v) is 10.5. The lowest BCUT2D eigenvalue weighted by Crippen LogP contribution is -2.52. The van der Waals surface area contributed by atoms with Gasteiger partial charge in [0.1, 0.15) is 11.8 Å². The molecule has 0 aliphatic carbocycles. The van der Waals surface area contributed by atoms with Gasteiger partial charge in [-0.05, 0) is 61.2 Å². The molecule has 3 aliphatic heterocycles. The quantitative estimate of drug-likeness (QED) is 0.321. The number of ether oxygens (including phenoxy) is 1. The maximum atomic E-state index is 13.0. The third-order valence-corrected chi connectivity index (χ3v) is 7.85. The van der Waals surface area contributed by atoms with Crippen LogP contribution in [-0.4, -0.2) is 84.1 Å². The molecule has 2 aromatic carbocycles. The first-order valence-corrected chi connectivity index (χ1v) is 13.8. The zero-order valence-corrected chi connectivity index (χ0v) is 22.6. The summed E-state index contributed by atoms with van der Waals surface area (Å²) in [5.41, 5.74) is 3.52. The zero-order chi connectivity index (χ0) is 28.2. The molecule has 0 radical (unpaired) electrons. The van der Waals surface area contributed by atoms with Gasteiger partial charge in [-0.2, -0.15) is 0 Å². The normalized spacial score (nSPS) is 20.2. The van der Waals surface area contributed by atoms with Crippen molar-refractivity contribution in [1.29, 1.82) is 0 Å². The predicted octanol–water partition coefficient (Wildman–Crippen LogP) is 2.37. The van der Waals surface area contributed by atoms with Crippen molar-refractivity contribution in [2.75, 3.05) is 44.2 Å². The molecule has 2 atom stereocenters. The number of carboxylic acid groups (broad SMARTS) is 1. The van der Waals surface area contributed by atoms with Crippen LogP contribution in [0.4, 0.5) is 10.5 Å². The molecular formula is C29H35N5O6. The molecule has 0 spiro atoms. The number of carbonyl (C=O) groups excluding carboxylic acids is 3. The van der Waals surface area contributed by atoms with Crippen molar-refractivity contribution in [3.05, 3.63) is 59.2 Å². The Kier molecular flexibility index (Phi) is 8.20. The molecule has 1 unspecified atom stereocenters. The molecule has 0 bridgehead atoms. The Balaban J connectivity index is 1.05. The molecule has 11 nitrogen and oxygen atoms in total. The largest absolute Gasteiger partial charge is 0.494 e. The number of piperidine rings is 1. The molecule has 212 valence electrons. The van der Waals surface area contributed by atoms with Gasteiger partial charge < -0.3 is 25.0 Å². The molecule has 2 aromatic rings. The zero-order valence-electron chi connectivity index (χ0n) is 22.6. The van der Waals surface area contributed by atoms with Crippen molar-refractivity contribution in [3.8, 4) is 5.75 Å². The predicted molar refractivity (Wildman–Crippen MR) is 147 cm³/mol. The fourth-order valence-electron chi connectivity index (χ4n) is 5.59. The van der Waals surface area contributed by atoms with Crippen LogP contribution in [-0.2, 0) is 16.1 Å². The van der Waals surface area contributed by atoms with Gasteiger partial charge in [0.15, 0.2) is 0 Å². The van der Waals surface area contributed by atoms with Crippen LogP contribution in [0, 0.1) is 0 Å². The Morgan fingerprint density at radius 1 is 1.10 bits per heavy atom. The van der Waals surface area contributed by atoms with Crippen molar-refractivity contribution < 1.29 is 29.0 Å². The standard InChI is InChI=1S/C29H35N5O6/c1-19(30-29(38)39)20-3-6-23(7-4-20)40-16-2-11-32-12-14-33(15-13-32)22-5-8-24-21(17-22)18-34(28(24)37)25-9-10-26(35)31-27(25)36/h3-8,17,19,25,30H,2,9-16,18H2,1H3,(H,38,39)(H,31,35,36)/t19-,25?/m1/s1. The number of imide groups is 1. The van der Waals surface area contributed by atoms with E-state index in [4.69, 9.17) is 9.84 Å². The van der Waals surface area contributed by atoms with E-state index in [9.17, 15) is 19.2 Å². The Hall–Kier alpha value is -4.12. The monoisotopic (exact) mass is 549 g/mol. The Morgan fingerprint density at radius 2 is 1.85 bits per heavy atom. The molecule has 11 heteroatoms. The van der Waals surface area contributed by atoms with E-state index in [0.717, 1.165) is 61.7 Å². The number of fused-ring (bicyclic) bond motifs is 1. The number of rotatable bonds is 9. The van der Waals surface area contributed by atoms with Crippen molar-refractivity contribution in [2.24, 2.45) is 0 Å². The number of hydrogen-bond donors (Lipinski definition) is 3. The Labute approximate surface area is 233 Å². The van der Waals surface area contributed by atoms with Crippen LogP contribution in [0.2, 0.25) is 0 Å². The van der Waals surface area contributed by atoms with E-state index in [1.807, 2.05) is 36.4 Å². The minimum absolute atomic E-state index is 0.149. The molecule has 5 rings (SSSR count). The summed E-state index contributed by atoms with van der Waals surface area (Å²) in [6.07, 6.45) is 0.465. The summed E-state index contributed by atoms with van der Waals surface area (Å²) in [7, 11) is 0. The lowest BCUT2D eigenvalue weighted by molar-refractivity contribution is -0.136. The van der Waals surface area contributed by atoms with E-state index < -0.39 is 18.0 Å². The van der Waals surface area contributed by atoms with Crippen LogP contribution in [0.15, 0.2) is 42.5 Å². The summed E-state index contributed by atoms with van der Waals surface area (Å²) in [5, 5.41) is 13.6. The van der Waals surface area contributed by atoms with E-state index >= 15 is 0 Å². The van der Waals surface area contributed by atoms with E-state index in [2.05, 4.69) is 26.5 Å². The number of benzene rings is 2. The lowest BCUT2D eigenvalue weighted by Gasteiger charge is -2.36. The maximum Gasteiger partial charge on any atom is 0.405 e. The van der Waals surface area contributed by atoms with Crippen LogP contribution in [0.1, 0.15) is 53.7 Å².